The maximum atomic E-state index is 9.14. The molecule has 122 valence electrons. The zero-order chi connectivity index (χ0) is 16.8. The number of hydrogen-bond acceptors (Lipinski definition) is 3. The minimum Gasteiger partial charge on any atom is -0.499 e. The predicted molar refractivity (Wildman–Crippen MR) is 95.0 cm³/mol. The van der Waals surface area contributed by atoms with Crippen molar-refractivity contribution in [2.24, 2.45) is 0 Å². The van der Waals surface area contributed by atoms with E-state index < -0.39 is 0 Å². The van der Waals surface area contributed by atoms with Crippen LogP contribution in [0.3, 0.4) is 0 Å². The van der Waals surface area contributed by atoms with Gasteiger partial charge in [0, 0.05) is 12.0 Å². The number of nitrogens with zero attached hydrogens (tertiary/aromatic N) is 1. The molecule has 0 aliphatic heterocycles. The summed E-state index contributed by atoms with van der Waals surface area (Å²) in [6.07, 6.45) is 4.13. The van der Waals surface area contributed by atoms with Crippen molar-refractivity contribution in [2.75, 3.05) is 7.11 Å². The normalized spacial score (nSPS) is 12.7. The number of aromatic nitrogens is 1. The Morgan fingerprint density at radius 2 is 1.87 bits per heavy atom. The number of rotatable bonds is 3. The van der Waals surface area contributed by atoms with Gasteiger partial charge in [0.2, 0.25) is 0 Å². The van der Waals surface area contributed by atoms with Gasteiger partial charge in [0.05, 0.1) is 19.4 Å². The van der Waals surface area contributed by atoms with Gasteiger partial charge < -0.3 is 9.84 Å². The summed E-state index contributed by atoms with van der Waals surface area (Å²) >= 11 is 0. The molecule has 3 nitrogen and oxygen atoms in total. The Hall–Kier alpha value is -2.13. The average molecular weight is 311 g/mol. The van der Waals surface area contributed by atoms with Gasteiger partial charge >= 0.3 is 0 Å². The predicted octanol–water partition coefficient (Wildman–Crippen LogP) is 2.90. The second kappa shape index (κ2) is 7.93. The first-order valence-corrected chi connectivity index (χ1v) is 8.18. The van der Waals surface area contributed by atoms with Crippen LogP contribution in [0.2, 0.25) is 0 Å². The monoisotopic (exact) mass is 311 g/mol. The molecule has 0 saturated heterocycles. The van der Waals surface area contributed by atoms with Gasteiger partial charge in [-0.1, -0.05) is 44.2 Å². The third-order valence-electron chi connectivity index (χ3n) is 3.90. The molecule has 1 aliphatic rings. The maximum absolute atomic E-state index is 9.14. The number of hydrogen-bond donors (Lipinski definition) is 1. The van der Waals surface area contributed by atoms with Gasteiger partial charge in [-0.3, -0.25) is 0 Å². The Balaban J connectivity index is 0.000000924. The van der Waals surface area contributed by atoms with E-state index in [1.54, 1.807) is 7.11 Å². The molecule has 3 rings (SSSR count). The van der Waals surface area contributed by atoms with Crippen molar-refractivity contribution in [1.82, 2.24) is 4.98 Å². The fraction of sp³-hybridized carbons (Fsp3) is 0.350. The van der Waals surface area contributed by atoms with Crippen molar-refractivity contribution < 1.29 is 9.84 Å². The zero-order valence-electron chi connectivity index (χ0n) is 14.4. The molecule has 1 aromatic carbocycles. The summed E-state index contributed by atoms with van der Waals surface area (Å²) in [6.45, 7) is 6.14. The molecular formula is C20H25NO2. The van der Waals surface area contributed by atoms with E-state index in [0.717, 1.165) is 51.6 Å². The summed E-state index contributed by atoms with van der Waals surface area (Å²) in [5.74, 6) is 0.959. The van der Waals surface area contributed by atoms with E-state index in [0.29, 0.717) is 0 Å². The first-order chi connectivity index (χ1) is 11.2. The highest BCUT2D eigenvalue weighted by molar-refractivity contribution is 5.64. The number of pyridine rings is 1. The Bertz CT molecular complexity index is 777. The smallest absolute Gasteiger partial charge is 0.122 e. The van der Waals surface area contributed by atoms with Crippen molar-refractivity contribution in [1.29, 1.82) is 0 Å². The van der Waals surface area contributed by atoms with Crippen molar-refractivity contribution in [3.63, 3.8) is 0 Å². The van der Waals surface area contributed by atoms with E-state index in [-0.39, 0.29) is 6.61 Å². The van der Waals surface area contributed by atoms with E-state index in [1.165, 1.54) is 0 Å². The minimum atomic E-state index is 0.0629. The fourth-order valence-electron chi connectivity index (χ4n) is 2.75. The van der Waals surface area contributed by atoms with Gasteiger partial charge in [0.1, 0.15) is 11.1 Å². The molecular weight excluding hydrogens is 286 g/mol. The van der Waals surface area contributed by atoms with E-state index in [4.69, 9.17) is 14.8 Å². The lowest BCUT2D eigenvalue weighted by Gasteiger charge is -2.12. The Morgan fingerprint density at radius 3 is 2.48 bits per heavy atom. The van der Waals surface area contributed by atoms with Crippen molar-refractivity contribution in [2.45, 2.75) is 40.2 Å². The van der Waals surface area contributed by atoms with Crippen LogP contribution in [0.15, 0.2) is 30.3 Å². The van der Waals surface area contributed by atoms with Crippen molar-refractivity contribution in [3.05, 3.63) is 52.0 Å². The molecule has 1 heterocycles. The van der Waals surface area contributed by atoms with Gasteiger partial charge in [0.15, 0.2) is 0 Å². The molecule has 23 heavy (non-hydrogen) atoms. The van der Waals surface area contributed by atoms with Crippen molar-refractivity contribution >= 4 is 11.8 Å². The molecule has 1 N–H and O–H groups in total. The number of fused-ring (bicyclic) bond motifs is 1. The molecule has 1 aromatic heterocycles. The molecule has 0 atom stereocenters. The highest BCUT2D eigenvalue weighted by atomic mass is 16.5. The topological polar surface area (TPSA) is 42.4 Å². The third-order valence-corrected chi connectivity index (χ3v) is 3.90. The maximum Gasteiger partial charge on any atom is 0.122 e. The second-order valence-corrected chi connectivity index (χ2v) is 5.32. The number of aliphatic hydroxyl groups excluding tert-OH is 1. The zero-order valence-corrected chi connectivity index (χ0v) is 14.4. The van der Waals surface area contributed by atoms with Crippen LogP contribution in [0.5, 0.6) is 0 Å². The number of aryl methyl sites for hydroxylation is 1. The van der Waals surface area contributed by atoms with Gasteiger partial charge in [0.25, 0.3) is 0 Å². The van der Waals surface area contributed by atoms with Gasteiger partial charge in [-0.2, -0.15) is 0 Å². The van der Waals surface area contributed by atoms with Crippen LogP contribution in [0.25, 0.3) is 23.1 Å². The Morgan fingerprint density at radius 1 is 1.17 bits per heavy atom. The molecule has 2 aromatic rings. The van der Waals surface area contributed by atoms with E-state index in [2.05, 4.69) is 19.1 Å². The average Bonchev–Trinajstić information content (AvgIpc) is 2.62. The molecule has 0 saturated carbocycles. The molecule has 0 amide bonds. The molecule has 0 fully saturated rings. The van der Waals surface area contributed by atoms with Gasteiger partial charge in [-0.25, -0.2) is 4.98 Å². The second-order valence-electron chi connectivity index (χ2n) is 5.32. The Kier molecular flexibility index (Phi) is 5.94. The quantitative estimate of drug-likeness (QED) is 0.948. The molecule has 0 radical (unpaired) electrons. The standard InChI is InChI=1S/C18H19NO2.C2H6/c1-12-10-15-4-3-5-16(21-2)18(15)19-17(12)14-8-6-13(11-20)7-9-14;1-2/h4,6-10,20H,3,5,11H2,1-2H3;1-2H3. The van der Waals surface area contributed by atoms with Crippen LogP contribution < -0.4 is 10.6 Å². The van der Waals surface area contributed by atoms with Crippen LogP contribution in [-0.2, 0) is 11.3 Å². The van der Waals surface area contributed by atoms with E-state index in [1.807, 2.05) is 38.1 Å². The number of aliphatic hydroxyl groups is 1. The fourth-order valence-corrected chi connectivity index (χ4v) is 2.75. The molecule has 1 aliphatic carbocycles. The Labute approximate surface area is 138 Å². The molecule has 3 heteroatoms. The highest BCUT2D eigenvalue weighted by Crippen LogP contribution is 2.20. The van der Waals surface area contributed by atoms with Gasteiger partial charge in [-0.05, 0) is 35.8 Å². The summed E-state index contributed by atoms with van der Waals surface area (Å²) in [6, 6.07) is 10.1. The van der Waals surface area contributed by atoms with Crippen LogP contribution >= 0.6 is 0 Å². The van der Waals surface area contributed by atoms with Crippen LogP contribution in [-0.4, -0.2) is 17.2 Å². The summed E-state index contributed by atoms with van der Waals surface area (Å²) in [5.41, 5.74) is 4.10. The molecule has 0 unspecified atom stereocenters. The number of methoxy groups -OCH3 is 1. The summed E-state index contributed by atoms with van der Waals surface area (Å²) in [7, 11) is 1.71. The highest BCUT2D eigenvalue weighted by Gasteiger charge is 2.10. The minimum absolute atomic E-state index is 0.0629. The molecule has 0 spiro atoms. The van der Waals surface area contributed by atoms with Crippen molar-refractivity contribution in [3.8, 4) is 11.3 Å². The van der Waals surface area contributed by atoms with Crippen LogP contribution in [0.1, 0.15) is 37.8 Å². The number of benzene rings is 1. The lowest BCUT2D eigenvalue weighted by Crippen LogP contribution is -2.34. The first kappa shape index (κ1) is 17.2. The SMILES string of the molecule is CC.COC1=c2nc(-c3ccc(CO)cc3)c(C)cc2=CCC1. The van der Waals surface area contributed by atoms with Gasteiger partial charge in [-0.15, -0.1) is 0 Å². The first-order valence-electron chi connectivity index (χ1n) is 8.18. The lowest BCUT2D eigenvalue weighted by atomic mass is 10.0. The largest absolute Gasteiger partial charge is 0.499 e. The van der Waals surface area contributed by atoms with E-state index in [9.17, 15) is 0 Å². The summed E-state index contributed by atoms with van der Waals surface area (Å²) < 4.78 is 5.49. The lowest BCUT2D eigenvalue weighted by molar-refractivity contribution is 0.282. The summed E-state index contributed by atoms with van der Waals surface area (Å²) in [4.78, 5) is 4.84. The van der Waals surface area contributed by atoms with Crippen LogP contribution in [0.4, 0.5) is 0 Å². The number of ether oxygens (including phenoxy) is 1. The molecule has 0 bridgehead atoms. The third kappa shape index (κ3) is 3.62. The summed E-state index contributed by atoms with van der Waals surface area (Å²) in [5, 5.41) is 11.3. The van der Waals surface area contributed by atoms with E-state index >= 15 is 0 Å². The van der Waals surface area contributed by atoms with Crippen LogP contribution in [0, 0.1) is 6.92 Å².